The van der Waals surface area contributed by atoms with Crippen molar-refractivity contribution >= 4 is 23.0 Å². The fourth-order valence-corrected chi connectivity index (χ4v) is 3.27. The average Bonchev–Trinajstić information content (AvgIpc) is 2.73. The molecule has 0 aromatic heterocycles. The van der Waals surface area contributed by atoms with Gasteiger partial charge in [0.1, 0.15) is 5.75 Å². The highest BCUT2D eigenvalue weighted by Gasteiger charge is 2.26. The Hall–Kier alpha value is -3.13. The molecule has 1 heterocycles. The van der Waals surface area contributed by atoms with Crippen LogP contribution in [0, 0.1) is 10.1 Å². The second-order valence-electron chi connectivity index (χ2n) is 6.69. The van der Waals surface area contributed by atoms with E-state index in [4.69, 9.17) is 4.74 Å². The van der Waals surface area contributed by atoms with Gasteiger partial charge in [-0.1, -0.05) is 6.07 Å². The Balaban J connectivity index is 1.54. The summed E-state index contributed by atoms with van der Waals surface area (Å²) in [5, 5.41) is 13.7. The van der Waals surface area contributed by atoms with Crippen LogP contribution in [-0.4, -0.2) is 55.1 Å². The third-order valence-electron chi connectivity index (χ3n) is 5.00. The van der Waals surface area contributed by atoms with Gasteiger partial charge in [0.05, 0.1) is 18.1 Å². The van der Waals surface area contributed by atoms with Gasteiger partial charge in [0.15, 0.2) is 0 Å². The SMILES string of the molecule is COc1cccc(NC(=O)[C@H](C)N2CCN(c3ccc([N+](=O)[O-])cc3)CC2)c1. The number of ether oxygens (including phenoxy) is 1. The molecule has 1 N–H and O–H groups in total. The van der Waals surface area contributed by atoms with Crippen molar-refractivity contribution in [2.45, 2.75) is 13.0 Å². The summed E-state index contributed by atoms with van der Waals surface area (Å²) >= 11 is 0. The van der Waals surface area contributed by atoms with Crippen molar-refractivity contribution in [2.24, 2.45) is 0 Å². The maximum atomic E-state index is 12.6. The molecule has 8 nitrogen and oxygen atoms in total. The zero-order chi connectivity index (χ0) is 20.1. The fraction of sp³-hybridized carbons (Fsp3) is 0.350. The van der Waals surface area contributed by atoms with Gasteiger partial charge < -0.3 is 15.0 Å². The summed E-state index contributed by atoms with van der Waals surface area (Å²) in [7, 11) is 1.59. The van der Waals surface area contributed by atoms with Crippen LogP contribution in [0.1, 0.15) is 6.92 Å². The van der Waals surface area contributed by atoms with Crippen molar-refractivity contribution in [2.75, 3.05) is 43.5 Å². The Morgan fingerprint density at radius 1 is 1.14 bits per heavy atom. The van der Waals surface area contributed by atoms with Gasteiger partial charge in [-0.15, -0.1) is 0 Å². The molecular formula is C20H24N4O4. The maximum Gasteiger partial charge on any atom is 0.269 e. The number of nitrogens with zero attached hydrogens (tertiary/aromatic N) is 3. The van der Waals surface area contributed by atoms with Crippen molar-refractivity contribution in [1.82, 2.24) is 4.90 Å². The van der Waals surface area contributed by atoms with E-state index in [1.54, 1.807) is 25.3 Å². The Morgan fingerprint density at radius 2 is 1.82 bits per heavy atom. The highest BCUT2D eigenvalue weighted by atomic mass is 16.6. The molecule has 1 aliphatic heterocycles. The summed E-state index contributed by atoms with van der Waals surface area (Å²) in [5.74, 6) is 0.638. The smallest absolute Gasteiger partial charge is 0.269 e. The highest BCUT2D eigenvalue weighted by Crippen LogP contribution is 2.22. The van der Waals surface area contributed by atoms with Crippen LogP contribution in [0.5, 0.6) is 5.75 Å². The molecule has 1 aliphatic rings. The lowest BCUT2D eigenvalue weighted by Gasteiger charge is -2.38. The summed E-state index contributed by atoms with van der Waals surface area (Å²) in [6.45, 7) is 4.90. The zero-order valence-corrected chi connectivity index (χ0v) is 16.0. The summed E-state index contributed by atoms with van der Waals surface area (Å²) in [5.41, 5.74) is 1.75. The van der Waals surface area contributed by atoms with E-state index in [2.05, 4.69) is 15.1 Å². The van der Waals surface area contributed by atoms with Crippen LogP contribution < -0.4 is 15.0 Å². The second kappa shape index (κ2) is 8.71. The first-order chi connectivity index (χ1) is 13.5. The number of benzene rings is 2. The third-order valence-corrected chi connectivity index (χ3v) is 5.00. The number of non-ortho nitro benzene ring substituents is 1. The first kappa shape index (κ1) is 19.6. The molecule has 0 radical (unpaired) electrons. The molecular weight excluding hydrogens is 360 g/mol. The summed E-state index contributed by atoms with van der Waals surface area (Å²) < 4.78 is 5.18. The van der Waals surface area contributed by atoms with Gasteiger partial charge in [0, 0.05) is 55.8 Å². The van der Waals surface area contributed by atoms with E-state index in [0.29, 0.717) is 11.4 Å². The van der Waals surface area contributed by atoms with Crippen LogP contribution in [0.2, 0.25) is 0 Å². The standard InChI is InChI=1S/C20H24N4O4/c1-15(20(25)21-16-4-3-5-19(14-16)28-2)22-10-12-23(13-11-22)17-6-8-18(9-7-17)24(26)27/h3-9,14-15H,10-13H2,1-2H3,(H,21,25)/t15-/m0/s1. The molecule has 28 heavy (non-hydrogen) atoms. The topological polar surface area (TPSA) is 88.0 Å². The fourth-order valence-electron chi connectivity index (χ4n) is 3.27. The molecule has 1 saturated heterocycles. The molecule has 2 aromatic rings. The molecule has 0 bridgehead atoms. The number of nitrogens with one attached hydrogen (secondary N) is 1. The van der Waals surface area contributed by atoms with Crippen LogP contribution >= 0.6 is 0 Å². The molecule has 0 unspecified atom stereocenters. The number of amides is 1. The molecule has 1 fully saturated rings. The van der Waals surface area contributed by atoms with Crippen LogP contribution in [-0.2, 0) is 4.79 Å². The molecule has 0 spiro atoms. The number of nitro benzene ring substituents is 1. The van der Waals surface area contributed by atoms with Gasteiger partial charge in [-0.3, -0.25) is 19.8 Å². The van der Waals surface area contributed by atoms with Crippen molar-refractivity contribution in [1.29, 1.82) is 0 Å². The molecule has 3 rings (SSSR count). The van der Waals surface area contributed by atoms with Gasteiger partial charge in [0.2, 0.25) is 5.91 Å². The Morgan fingerprint density at radius 3 is 2.43 bits per heavy atom. The zero-order valence-electron chi connectivity index (χ0n) is 16.0. The predicted molar refractivity (Wildman–Crippen MR) is 108 cm³/mol. The van der Waals surface area contributed by atoms with Gasteiger partial charge in [0.25, 0.3) is 5.69 Å². The molecule has 1 amide bonds. The largest absolute Gasteiger partial charge is 0.497 e. The number of carbonyl (C=O) groups excluding carboxylic acids is 1. The lowest BCUT2D eigenvalue weighted by Crippen LogP contribution is -2.52. The summed E-state index contributed by atoms with van der Waals surface area (Å²) in [4.78, 5) is 27.3. The molecule has 1 atom stereocenters. The number of carbonyl (C=O) groups is 1. The number of anilines is 2. The van der Waals surface area contributed by atoms with E-state index in [1.165, 1.54) is 12.1 Å². The summed E-state index contributed by atoms with van der Waals surface area (Å²) in [6.07, 6.45) is 0. The van der Waals surface area contributed by atoms with Crippen LogP contribution in [0.3, 0.4) is 0 Å². The quantitative estimate of drug-likeness (QED) is 0.609. The van der Waals surface area contributed by atoms with Crippen molar-refractivity contribution in [3.63, 3.8) is 0 Å². The normalized spacial score (nSPS) is 15.7. The maximum absolute atomic E-state index is 12.6. The number of piperazine rings is 1. The first-order valence-corrected chi connectivity index (χ1v) is 9.16. The number of hydrogen-bond donors (Lipinski definition) is 1. The van der Waals surface area contributed by atoms with Crippen LogP contribution in [0.4, 0.5) is 17.1 Å². The van der Waals surface area contributed by atoms with E-state index in [9.17, 15) is 14.9 Å². The molecule has 148 valence electrons. The van der Waals surface area contributed by atoms with Gasteiger partial charge in [-0.05, 0) is 31.2 Å². The number of hydrogen-bond acceptors (Lipinski definition) is 6. The third kappa shape index (κ3) is 4.58. The van der Waals surface area contributed by atoms with Crippen LogP contribution in [0.25, 0.3) is 0 Å². The number of rotatable bonds is 6. The Bertz CT molecular complexity index is 832. The van der Waals surface area contributed by atoms with Gasteiger partial charge in [-0.2, -0.15) is 0 Å². The van der Waals surface area contributed by atoms with E-state index in [-0.39, 0.29) is 17.6 Å². The Kier molecular flexibility index (Phi) is 6.10. The molecule has 2 aromatic carbocycles. The predicted octanol–water partition coefficient (Wildman–Crippen LogP) is 2.75. The minimum atomic E-state index is -0.398. The second-order valence-corrected chi connectivity index (χ2v) is 6.69. The van der Waals surface area contributed by atoms with E-state index in [0.717, 1.165) is 31.9 Å². The van der Waals surface area contributed by atoms with E-state index >= 15 is 0 Å². The van der Waals surface area contributed by atoms with Crippen LogP contribution in [0.15, 0.2) is 48.5 Å². The molecule has 0 saturated carbocycles. The van der Waals surface area contributed by atoms with E-state index in [1.807, 2.05) is 25.1 Å². The van der Waals surface area contributed by atoms with Gasteiger partial charge >= 0.3 is 0 Å². The minimum absolute atomic E-state index is 0.0583. The molecule has 8 heteroatoms. The van der Waals surface area contributed by atoms with Crippen molar-refractivity contribution in [3.05, 3.63) is 58.6 Å². The van der Waals surface area contributed by atoms with Gasteiger partial charge in [-0.25, -0.2) is 0 Å². The minimum Gasteiger partial charge on any atom is -0.497 e. The summed E-state index contributed by atoms with van der Waals surface area (Å²) in [6, 6.07) is 13.6. The number of methoxy groups -OCH3 is 1. The van der Waals surface area contributed by atoms with E-state index < -0.39 is 4.92 Å². The van der Waals surface area contributed by atoms with Crippen molar-refractivity contribution < 1.29 is 14.5 Å². The lowest BCUT2D eigenvalue weighted by molar-refractivity contribution is -0.384. The monoisotopic (exact) mass is 384 g/mol. The first-order valence-electron chi connectivity index (χ1n) is 9.16. The Labute approximate surface area is 163 Å². The molecule has 0 aliphatic carbocycles. The van der Waals surface area contributed by atoms with Crippen molar-refractivity contribution in [3.8, 4) is 5.75 Å². The highest BCUT2D eigenvalue weighted by molar-refractivity contribution is 5.94. The lowest BCUT2D eigenvalue weighted by atomic mass is 10.2. The number of nitro groups is 1. The average molecular weight is 384 g/mol.